The fourth-order valence-corrected chi connectivity index (χ4v) is 5.18. The van der Waals surface area contributed by atoms with E-state index in [1.165, 1.54) is 11.3 Å². The molecule has 1 aromatic heterocycles. The molecule has 1 fully saturated rings. The van der Waals surface area contributed by atoms with Gasteiger partial charge in [0.05, 0.1) is 0 Å². The zero-order chi connectivity index (χ0) is 21.4. The molecule has 4 heterocycles. The Kier molecular flexibility index (Phi) is 5.61. The third kappa shape index (κ3) is 4.03. The number of aryl methyl sites for hydroxylation is 1. The predicted molar refractivity (Wildman–Crippen MR) is 117 cm³/mol. The molecule has 1 unspecified atom stereocenters. The van der Waals surface area contributed by atoms with Crippen LogP contribution in [-0.2, 0) is 25.9 Å². The number of hydrogen-bond acceptors (Lipinski definition) is 5. The largest absolute Gasteiger partial charge is 0.454 e. The maximum Gasteiger partial charge on any atom is 0.274 e. The highest BCUT2D eigenvalue weighted by Gasteiger charge is 2.31. The van der Waals surface area contributed by atoms with Gasteiger partial charge in [-0.15, -0.1) is 0 Å². The summed E-state index contributed by atoms with van der Waals surface area (Å²) < 4.78 is 13.0. The molecule has 0 saturated carbocycles. The second-order valence-electron chi connectivity index (χ2n) is 9.07. The summed E-state index contributed by atoms with van der Waals surface area (Å²) in [6, 6.07) is 6.24. The van der Waals surface area contributed by atoms with Crippen LogP contribution in [0.3, 0.4) is 0 Å². The molecule has 5 rings (SSSR count). The molecule has 3 aliphatic heterocycles. The molecule has 3 aliphatic rings. The first kappa shape index (κ1) is 20.4. The molecular formula is C24H32N4O3. The van der Waals surface area contributed by atoms with E-state index < -0.39 is 0 Å². The van der Waals surface area contributed by atoms with E-state index >= 15 is 0 Å². The van der Waals surface area contributed by atoms with E-state index in [-0.39, 0.29) is 5.91 Å². The lowest BCUT2D eigenvalue weighted by Gasteiger charge is -2.30. The van der Waals surface area contributed by atoms with Gasteiger partial charge < -0.3 is 14.4 Å². The molecule has 2 aromatic rings. The van der Waals surface area contributed by atoms with Crippen LogP contribution in [0.1, 0.15) is 54.0 Å². The summed E-state index contributed by atoms with van der Waals surface area (Å²) in [5.41, 5.74) is 4.37. The summed E-state index contributed by atoms with van der Waals surface area (Å²) in [6.07, 6.45) is 4.16. The molecule has 7 heteroatoms. The van der Waals surface area contributed by atoms with E-state index in [9.17, 15) is 4.79 Å². The van der Waals surface area contributed by atoms with Crippen molar-refractivity contribution < 1.29 is 14.3 Å². The molecule has 0 bridgehead atoms. The summed E-state index contributed by atoms with van der Waals surface area (Å²) in [5, 5.41) is 4.74. The van der Waals surface area contributed by atoms with Gasteiger partial charge in [-0.25, -0.2) is 0 Å². The van der Waals surface area contributed by atoms with E-state index in [4.69, 9.17) is 14.6 Å². The van der Waals surface area contributed by atoms with Crippen LogP contribution in [0, 0.1) is 5.92 Å². The van der Waals surface area contributed by atoms with E-state index in [2.05, 4.69) is 30.9 Å². The van der Waals surface area contributed by atoms with Gasteiger partial charge in [0.1, 0.15) is 0 Å². The van der Waals surface area contributed by atoms with Crippen molar-refractivity contribution in [1.82, 2.24) is 19.6 Å². The van der Waals surface area contributed by atoms with Crippen molar-refractivity contribution in [2.24, 2.45) is 5.92 Å². The first-order valence-corrected chi connectivity index (χ1v) is 11.6. The second kappa shape index (κ2) is 8.54. The smallest absolute Gasteiger partial charge is 0.274 e. The van der Waals surface area contributed by atoms with Gasteiger partial charge >= 0.3 is 0 Å². The van der Waals surface area contributed by atoms with Crippen LogP contribution in [0.2, 0.25) is 0 Å². The van der Waals surface area contributed by atoms with Crippen LogP contribution in [0.15, 0.2) is 18.2 Å². The number of ether oxygens (including phenoxy) is 2. The maximum atomic E-state index is 13.1. The Morgan fingerprint density at radius 1 is 1.16 bits per heavy atom. The summed E-state index contributed by atoms with van der Waals surface area (Å²) in [7, 11) is 0. The summed E-state index contributed by atoms with van der Waals surface area (Å²) in [6.45, 7) is 10.1. The van der Waals surface area contributed by atoms with Gasteiger partial charge in [-0.05, 0) is 49.8 Å². The van der Waals surface area contributed by atoms with E-state index in [1.807, 2.05) is 15.6 Å². The number of rotatable bonds is 6. The van der Waals surface area contributed by atoms with Gasteiger partial charge in [0.2, 0.25) is 6.79 Å². The number of nitrogens with zero attached hydrogens (tertiary/aromatic N) is 4. The van der Waals surface area contributed by atoms with Crippen molar-refractivity contribution in [3.05, 3.63) is 40.7 Å². The van der Waals surface area contributed by atoms with Crippen molar-refractivity contribution in [1.29, 1.82) is 0 Å². The van der Waals surface area contributed by atoms with Gasteiger partial charge in [0.15, 0.2) is 17.2 Å². The molecule has 7 nitrogen and oxygen atoms in total. The molecular weight excluding hydrogens is 392 g/mol. The molecule has 1 atom stereocenters. The number of hydrogen-bond donors (Lipinski definition) is 0. The first-order valence-electron chi connectivity index (χ1n) is 11.6. The fraction of sp³-hybridized carbons (Fsp3) is 0.583. The summed E-state index contributed by atoms with van der Waals surface area (Å²) in [5.74, 6) is 2.31. The summed E-state index contributed by atoms with van der Waals surface area (Å²) in [4.78, 5) is 17.6. The minimum atomic E-state index is 0.121. The Morgan fingerprint density at radius 2 is 1.97 bits per heavy atom. The number of aromatic nitrogens is 2. The van der Waals surface area contributed by atoms with Gasteiger partial charge in [-0.2, -0.15) is 5.10 Å². The van der Waals surface area contributed by atoms with Crippen LogP contribution >= 0.6 is 0 Å². The lowest BCUT2D eigenvalue weighted by Crippen LogP contribution is -2.36. The molecule has 166 valence electrons. The van der Waals surface area contributed by atoms with E-state index in [0.717, 1.165) is 82.0 Å². The highest BCUT2D eigenvalue weighted by atomic mass is 16.7. The maximum absolute atomic E-state index is 13.1. The first-order chi connectivity index (χ1) is 15.1. The average molecular weight is 425 g/mol. The third-order valence-electron chi connectivity index (χ3n) is 6.70. The van der Waals surface area contributed by atoms with E-state index in [0.29, 0.717) is 18.4 Å². The topological polar surface area (TPSA) is 59.8 Å². The highest BCUT2D eigenvalue weighted by molar-refractivity contribution is 5.94. The molecule has 0 aliphatic carbocycles. The molecule has 0 N–H and O–H groups in total. The Bertz CT molecular complexity index is 964. The van der Waals surface area contributed by atoms with Gasteiger partial charge in [0.25, 0.3) is 5.91 Å². The Balaban J connectivity index is 1.27. The molecule has 1 saturated heterocycles. The third-order valence-corrected chi connectivity index (χ3v) is 6.70. The minimum Gasteiger partial charge on any atom is -0.454 e. The van der Waals surface area contributed by atoms with Crippen molar-refractivity contribution in [3.63, 3.8) is 0 Å². The minimum absolute atomic E-state index is 0.121. The van der Waals surface area contributed by atoms with Crippen LogP contribution < -0.4 is 9.47 Å². The standard InChI is InChI=1S/C24H32N4O3/c1-3-28-20-8-11-26(15-19(20)23(25-28)24(29)27-9-4-5-10-27)14-17(2)12-18-6-7-21-22(13-18)31-16-30-21/h6-7,13,17H,3-5,8-12,14-16H2,1-2H3. The van der Waals surface area contributed by atoms with E-state index in [1.54, 1.807) is 0 Å². The van der Waals surface area contributed by atoms with Crippen LogP contribution in [0.4, 0.5) is 0 Å². The van der Waals surface area contributed by atoms with Gasteiger partial charge in [0, 0.05) is 56.9 Å². The predicted octanol–water partition coefficient (Wildman–Crippen LogP) is 3.10. The molecule has 0 radical (unpaired) electrons. The van der Waals surface area contributed by atoms with Crippen LogP contribution in [0.5, 0.6) is 11.5 Å². The lowest BCUT2D eigenvalue weighted by atomic mass is 9.98. The van der Waals surface area contributed by atoms with Gasteiger partial charge in [-0.1, -0.05) is 13.0 Å². The number of likely N-dealkylation sites (tertiary alicyclic amines) is 1. The van der Waals surface area contributed by atoms with Crippen molar-refractivity contribution >= 4 is 5.91 Å². The van der Waals surface area contributed by atoms with Crippen molar-refractivity contribution in [2.45, 2.75) is 52.6 Å². The van der Waals surface area contributed by atoms with Gasteiger partial charge in [-0.3, -0.25) is 14.4 Å². The second-order valence-corrected chi connectivity index (χ2v) is 9.07. The number of amides is 1. The number of carbonyl (C=O) groups is 1. The SMILES string of the molecule is CCn1nc(C(=O)N2CCCC2)c2c1CCN(CC(C)Cc1ccc3c(c1)OCO3)C2. The zero-order valence-corrected chi connectivity index (χ0v) is 18.6. The fourth-order valence-electron chi connectivity index (χ4n) is 5.18. The molecule has 0 spiro atoms. The van der Waals surface area contributed by atoms with Crippen LogP contribution in [-0.4, -0.2) is 58.5 Å². The lowest BCUT2D eigenvalue weighted by molar-refractivity contribution is 0.0783. The zero-order valence-electron chi connectivity index (χ0n) is 18.6. The Hall–Kier alpha value is -2.54. The number of carbonyl (C=O) groups excluding carboxylic acids is 1. The molecule has 1 amide bonds. The van der Waals surface area contributed by atoms with Crippen molar-refractivity contribution in [2.75, 3.05) is 33.0 Å². The normalized spacial score (nSPS) is 19.0. The Morgan fingerprint density at radius 3 is 2.77 bits per heavy atom. The Labute approximate surface area is 183 Å². The number of fused-ring (bicyclic) bond motifs is 2. The number of benzene rings is 1. The summed E-state index contributed by atoms with van der Waals surface area (Å²) >= 11 is 0. The average Bonchev–Trinajstić information content (AvgIpc) is 3.52. The molecule has 1 aromatic carbocycles. The van der Waals surface area contributed by atoms with Crippen molar-refractivity contribution in [3.8, 4) is 11.5 Å². The monoisotopic (exact) mass is 424 g/mol. The highest BCUT2D eigenvalue weighted by Crippen LogP contribution is 2.33. The van der Waals surface area contributed by atoms with Crippen LogP contribution in [0.25, 0.3) is 0 Å². The quantitative estimate of drug-likeness (QED) is 0.713. The molecule has 31 heavy (non-hydrogen) atoms.